The Morgan fingerprint density at radius 2 is 1.97 bits per heavy atom. The number of carbonyl (C=O) groups is 3. The molecule has 1 aliphatic heterocycles. The highest BCUT2D eigenvalue weighted by atomic mass is 16.5. The Kier molecular flexibility index (Phi) is 9.65. The van der Waals surface area contributed by atoms with Crippen LogP contribution in [0.4, 0.5) is 0 Å². The van der Waals surface area contributed by atoms with E-state index in [0.29, 0.717) is 5.75 Å². The Hall–Kier alpha value is -2.67. The van der Waals surface area contributed by atoms with Crippen LogP contribution in [0.3, 0.4) is 0 Å². The normalized spacial score (nSPS) is 20.0. The molecule has 1 heterocycles. The Labute approximate surface area is 197 Å². The van der Waals surface area contributed by atoms with Gasteiger partial charge in [-0.1, -0.05) is 45.9 Å². The number of carboxylic acid groups (broad SMARTS) is 1. The van der Waals surface area contributed by atoms with Crippen molar-refractivity contribution in [3.05, 3.63) is 42.0 Å². The Bertz CT molecular complexity index is 866. The van der Waals surface area contributed by atoms with E-state index in [4.69, 9.17) is 4.74 Å². The summed E-state index contributed by atoms with van der Waals surface area (Å²) in [5.74, 6) is -1.89. The van der Waals surface area contributed by atoms with Crippen molar-refractivity contribution in [2.45, 2.75) is 70.8 Å². The number of nitrogens with zero attached hydrogens (tertiary/aromatic N) is 1. The van der Waals surface area contributed by atoms with Crippen molar-refractivity contribution >= 4 is 17.8 Å². The fraction of sp³-hybridized carbons (Fsp3) is 0.577. The third kappa shape index (κ3) is 7.42. The topological polar surface area (TPSA) is 95.9 Å². The average Bonchev–Trinajstić information content (AvgIpc) is 2.97. The summed E-state index contributed by atoms with van der Waals surface area (Å²) >= 11 is 0. The first-order valence-corrected chi connectivity index (χ1v) is 11.8. The van der Waals surface area contributed by atoms with Crippen LogP contribution < -0.4 is 10.1 Å². The Balaban J connectivity index is 1.97. The van der Waals surface area contributed by atoms with E-state index >= 15 is 0 Å². The van der Waals surface area contributed by atoms with E-state index in [1.807, 2.05) is 12.1 Å². The second-order valence-electron chi connectivity index (χ2n) is 9.47. The van der Waals surface area contributed by atoms with Crippen LogP contribution in [0, 0.1) is 5.92 Å². The number of likely N-dealkylation sites (N-methyl/N-ethyl adjacent to an activating group) is 1. The molecule has 1 saturated heterocycles. The van der Waals surface area contributed by atoms with Crippen LogP contribution in [-0.2, 0) is 19.8 Å². The highest BCUT2D eigenvalue weighted by Gasteiger charge is 2.33. The van der Waals surface area contributed by atoms with E-state index < -0.39 is 23.9 Å². The second kappa shape index (κ2) is 12.0. The van der Waals surface area contributed by atoms with Crippen LogP contribution in [-0.4, -0.2) is 54.0 Å². The van der Waals surface area contributed by atoms with Crippen molar-refractivity contribution in [2.24, 2.45) is 5.92 Å². The summed E-state index contributed by atoms with van der Waals surface area (Å²) in [4.78, 5) is 38.3. The molecule has 1 aromatic carbocycles. The maximum atomic E-state index is 12.4. The molecule has 1 amide bonds. The maximum absolute atomic E-state index is 12.4. The van der Waals surface area contributed by atoms with Gasteiger partial charge >= 0.3 is 11.9 Å². The number of benzene rings is 1. The molecule has 0 saturated carbocycles. The molecule has 0 aliphatic carbocycles. The van der Waals surface area contributed by atoms with Gasteiger partial charge in [-0.15, -0.1) is 0 Å². The number of rotatable bonds is 10. The predicted molar refractivity (Wildman–Crippen MR) is 128 cm³/mol. The average molecular weight is 459 g/mol. The number of ether oxygens (including phenoxy) is 1. The van der Waals surface area contributed by atoms with E-state index in [9.17, 15) is 19.5 Å². The maximum Gasteiger partial charge on any atom is 0.326 e. The van der Waals surface area contributed by atoms with Gasteiger partial charge in [0.15, 0.2) is 0 Å². The number of likely N-dealkylation sites (tertiary alicyclic amines) is 1. The zero-order valence-corrected chi connectivity index (χ0v) is 20.4. The molecule has 0 bridgehead atoms. The monoisotopic (exact) mass is 458 g/mol. The summed E-state index contributed by atoms with van der Waals surface area (Å²) in [5, 5.41) is 11.7. The van der Waals surface area contributed by atoms with Crippen LogP contribution in [0.2, 0.25) is 0 Å². The van der Waals surface area contributed by atoms with Gasteiger partial charge in [-0.05, 0) is 62.9 Å². The lowest BCUT2D eigenvalue weighted by Crippen LogP contribution is -2.44. The first kappa shape index (κ1) is 26.6. The van der Waals surface area contributed by atoms with Crippen LogP contribution in [0.15, 0.2) is 36.4 Å². The number of aliphatic carboxylic acids is 1. The SMILES string of the molecule is C=C(CCC(=O)Oc1cccc(C2(CC)CCCCN(C)C2)c1)C(=O)N[C@H](C(=O)O)C(C)C. The minimum atomic E-state index is -1.10. The number of hydrogen-bond acceptors (Lipinski definition) is 5. The minimum absolute atomic E-state index is 0.0163. The van der Waals surface area contributed by atoms with Crippen molar-refractivity contribution in [1.29, 1.82) is 0 Å². The second-order valence-corrected chi connectivity index (χ2v) is 9.47. The van der Waals surface area contributed by atoms with Gasteiger partial charge in [-0.2, -0.15) is 0 Å². The van der Waals surface area contributed by atoms with Crippen LogP contribution in [0.1, 0.15) is 64.9 Å². The first-order chi connectivity index (χ1) is 15.6. The highest BCUT2D eigenvalue weighted by molar-refractivity contribution is 5.95. The number of esters is 1. The lowest BCUT2D eigenvalue weighted by atomic mass is 9.74. The molecule has 7 nitrogen and oxygen atoms in total. The molecule has 7 heteroatoms. The quantitative estimate of drug-likeness (QED) is 0.313. The molecule has 1 aliphatic rings. The first-order valence-electron chi connectivity index (χ1n) is 11.8. The number of amides is 1. The zero-order chi connectivity index (χ0) is 24.6. The van der Waals surface area contributed by atoms with Crippen molar-refractivity contribution < 1.29 is 24.2 Å². The number of carboxylic acids is 1. The molecule has 1 unspecified atom stereocenters. The van der Waals surface area contributed by atoms with E-state index in [0.717, 1.165) is 25.9 Å². The van der Waals surface area contributed by atoms with E-state index in [1.165, 1.54) is 18.4 Å². The van der Waals surface area contributed by atoms with Crippen molar-refractivity contribution in [3.8, 4) is 5.75 Å². The molecule has 0 spiro atoms. The molecule has 2 atom stereocenters. The molecular formula is C26H38N2O5. The molecule has 182 valence electrons. The third-order valence-corrected chi connectivity index (χ3v) is 6.54. The van der Waals surface area contributed by atoms with Crippen molar-refractivity contribution in [2.75, 3.05) is 20.1 Å². The molecular weight excluding hydrogens is 420 g/mol. The van der Waals surface area contributed by atoms with Gasteiger partial charge in [0.2, 0.25) is 5.91 Å². The molecule has 2 N–H and O–H groups in total. The van der Waals surface area contributed by atoms with Crippen molar-refractivity contribution in [1.82, 2.24) is 10.2 Å². The standard InChI is InChI=1S/C26H38N2O5/c1-6-26(14-7-8-15-28(5)17-26)20-10-9-11-21(16-20)33-22(29)13-12-19(4)24(30)27-23(18(2)3)25(31)32/h9-11,16,18,23H,4,6-8,12-15,17H2,1-3,5H3,(H,27,30)(H,31,32)/t23-,26?/m0/s1. The third-order valence-electron chi connectivity index (χ3n) is 6.54. The molecule has 33 heavy (non-hydrogen) atoms. The number of nitrogens with one attached hydrogen (secondary N) is 1. The van der Waals surface area contributed by atoms with Gasteiger partial charge in [0.25, 0.3) is 0 Å². The summed E-state index contributed by atoms with van der Waals surface area (Å²) in [6.07, 6.45) is 4.56. The lowest BCUT2D eigenvalue weighted by molar-refractivity contribution is -0.142. The van der Waals surface area contributed by atoms with Crippen LogP contribution in [0.5, 0.6) is 5.75 Å². The fourth-order valence-corrected chi connectivity index (χ4v) is 4.44. The highest BCUT2D eigenvalue weighted by Crippen LogP contribution is 2.37. The Morgan fingerprint density at radius 3 is 2.61 bits per heavy atom. The minimum Gasteiger partial charge on any atom is -0.480 e. The zero-order valence-electron chi connectivity index (χ0n) is 20.4. The number of hydrogen-bond donors (Lipinski definition) is 2. The van der Waals surface area contributed by atoms with E-state index in [2.05, 4.69) is 36.8 Å². The van der Waals surface area contributed by atoms with E-state index in [1.54, 1.807) is 19.9 Å². The van der Waals surface area contributed by atoms with Crippen LogP contribution >= 0.6 is 0 Å². The molecule has 1 aromatic rings. The molecule has 1 fully saturated rings. The number of carbonyl (C=O) groups excluding carboxylic acids is 2. The van der Waals surface area contributed by atoms with Gasteiger partial charge in [0.05, 0.1) is 6.42 Å². The smallest absolute Gasteiger partial charge is 0.326 e. The molecule has 0 aromatic heterocycles. The Morgan fingerprint density at radius 1 is 1.24 bits per heavy atom. The van der Waals surface area contributed by atoms with Gasteiger partial charge < -0.3 is 20.1 Å². The lowest BCUT2D eigenvalue weighted by Gasteiger charge is -2.35. The predicted octanol–water partition coefficient (Wildman–Crippen LogP) is 3.92. The molecule has 0 radical (unpaired) electrons. The van der Waals surface area contributed by atoms with Gasteiger partial charge in [0.1, 0.15) is 11.8 Å². The summed E-state index contributed by atoms with van der Waals surface area (Å²) in [6.45, 7) is 11.4. The largest absolute Gasteiger partial charge is 0.480 e. The van der Waals surface area contributed by atoms with Crippen molar-refractivity contribution in [3.63, 3.8) is 0 Å². The van der Waals surface area contributed by atoms with Crippen LogP contribution in [0.25, 0.3) is 0 Å². The van der Waals surface area contributed by atoms with Gasteiger partial charge in [-0.3, -0.25) is 9.59 Å². The van der Waals surface area contributed by atoms with Gasteiger partial charge in [0, 0.05) is 17.5 Å². The molecule has 2 rings (SSSR count). The summed E-state index contributed by atoms with van der Waals surface area (Å²) in [5.41, 5.74) is 1.37. The summed E-state index contributed by atoms with van der Waals surface area (Å²) < 4.78 is 5.56. The summed E-state index contributed by atoms with van der Waals surface area (Å²) in [7, 11) is 2.16. The summed E-state index contributed by atoms with van der Waals surface area (Å²) in [6, 6.07) is 6.76. The fourth-order valence-electron chi connectivity index (χ4n) is 4.44. The van der Waals surface area contributed by atoms with Gasteiger partial charge in [-0.25, -0.2) is 4.79 Å². The van der Waals surface area contributed by atoms with E-state index in [-0.39, 0.29) is 29.7 Å².